The summed E-state index contributed by atoms with van der Waals surface area (Å²) in [6, 6.07) is 8.32. The average Bonchev–Trinajstić information content (AvgIpc) is 2.80. The van der Waals surface area contributed by atoms with Gasteiger partial charge < -0.3 is 5.32 Å². The molecule has 0 spiro atoms. The molecular formula is C15H18F3N3. The number of hydrogen-bond donors (Lipinski definition) is 1. The van der Waals surface area contributed by atoms with E-state index in [9.17, 15) is 13.2 Å². The van der Waals surface area contributed by atoms with Gasteiger partial charge in [0.25, 0.3) is 0 Å². The average molecular weight is 297 g/mol. The fraction of sp³-hybridized carbons (Fsp3) is 0.400. The molecule has 0 fully saturated rings. The van der Waals surface area contributed by atoms with Crippen molar-refractivity contribution in [2.24, 2.45) is 0 Å². The molecule has 2 aromatic rings. The molecule has 0 atom stereocenters. The first kappa shape index (κ1) is 15.6. The summed E-state index contributed by atoms with van der Waals surface area (Å²) in [7, 11) is 0. The van der Waals surface area contributed by atoms with Gasteiger partial charge >= 0.3 is 6.18 Å². The molecule has 0 aliphatic rings. The molecule has 0 saturated carbocycles. The number of nitrogens with zero attached hydrogens (tertiary/aromatic N) is 2. The normalized spacial score (nSPS) is 12.7. The Hall–Kier alpha value is -1.82. The number of halogens is 3. The fourth-order valence-corrected chi connectivity index (χ4v) is 1.94. The number of aromatic nitrogens is 2. The van der Waals surface area contributed by atoms with Crippen LogP contribution in [0.5, 0.6) is 0 Å². The summed E-state index contributed by atoms with van der Waals surface area (Å²) >= 11 is 0. The molecule has 0 amide bonds. The number of rotatable bonds is 3. The van der Waals surface area contributed by atoms with Crippen LogP contribution in [0.25, 0.3) is 5.69 Å². The summed E-state index contributed by atoms with van der Waals surface area (Å²) in [4.78, 5) is 0. The van der Waals surface area contributed by atoms with Gasteiger partial charge in [0.2, 0.25) is 0 Å². The molecule has 1 aromatic carbocycles. The van der Waals surface area contributed by atoms with Gasteiger partial charge in [0, 0.05) is 17.6 Å². The summed E-state index contributed by atoms with van der Waals surface area (Å²) in [5, 5.41) is 6.97. The first-order valence-electron chi connectivity index (χ1n) is 6.63. The van der Waals surface area contributed by atoms with Crippen molar-refractivity contribution in [2.45, 2.75) is 39.0 Å². The van der Waals surface area contributed by atoms with E-state index in [1.807, 2.05) is 20.8 Å². The van der Waals surface area contributed by atoms with Crippen LogP contribution < -0.4 is 5.32 Å². The number of alkyl halides is 3. The first-order valence-corrected chi connectivity index (χ1v) is 6.63. The Morgan fingerprint density at radius 1 is 1.10 bits per heavy atom. The third-order valence-electron chi connectivity index (χ3n) is 2.92. The predicted octanol–water partition coefficient (Wildman–Crippen LogP) is 3.78. The van der Waals surface area contributed by atoms with Gasteiger partial charge in [-0.1, -0.05) is 18.2 Å². The van der Waals surface area contributed by atoms with E-state index in [2.05, 4.69) is 10.4 Å². The van der Waals surface area contributed by atoms with E-state index in [4.69, 9.17) is 0 Å². The van der Waals surface area contributed by atoms with Gasteiger partial charge in [0.1, 0.15) is 0 Å². The van der Waals surface area contributed by atoms with Crippen molar-refractivity contribution in [1.82, 2.24) is 15.1 Å². The third kappa shape index (κ3) is 3.85. The molecule has 2 rings (SSSR count). The second-order valence-corrected chi connectivity index (χ2v) is 5.87. The van der Waals surface area contributed by atoms with Crippen molar-refractivity contribution in [3.8, 4) is 5.69 Å². The molecule has 6 heteroatoms. The quantitative estimate of drug-likeness (QED) is 0.934. The van der Waals surface area contributed by atoms with Crippen molar-refractivity contribution in [3.63, 3.8) is 0 Å². The maximum Gasteiger partial charge on any atom is 0.433 e. The zero-order valence-electron chi connectivity index (χ0n) is 12.2. The Labute approximate surface area is 121 Å². The molecule has 21 heavy (non-hydrogen) atoms. The van der Waals surface area contributed by atoms with Gasteiger partial charge in [-0.2, -0.15) is 18.3 Å². The highest BCUT2D eigenvalue weighted by Gasteiger charge is 2.38. The number of nitrogens with one attached hydrogen (secondary N) is 1. The predicted molar refractivity (Wildman–Crippen MR) is 75.2 cm³/mol. The SMILES string of the molecule is CC(C)(C)NCc1cnn(-c2ccccc2)c1C(F)(F)F. The van der Waals surface area contributed by atoms with Gasteiger partial charge in [-0.05, 0) is 32.9 Å². The van der Waals surface area contributed by atoms with E-state index in [1.165, 1.54) is 6.20 Å². The Bertz CT molecular complexity index is 595. The van der Waals surface area contributed by atoms with Crippen LogP contribution in [0, 0.1) is 0 Å². The lowest BCUT2D eigenvalue weighted by Gasteiger charge is -2.21. The second-order valence-electron chi connectivity index (χ2n) is 5.87. The van der Waals surface area contributed by atoms with Crippen LogP contribution in [0.15, 0.2) is 36.5 Å². The number of benzene rings is 1. The highest BCUT2D eigenvalue weighted by molar-refractivity contribution is 5.36. The van der Waals surface area contributed by atoms with Crippen molar-refractivity contribution in [1.29, 1.82) is 0 Å². The molecule has 1 heterocycles. The van der Waals surface area contributed by atoms with Crippen LogP contribution >= 0.6 is 0 Å². The van der Waals surface area contributed by atoms with E-state index in [0.29, 0.717) is 5.69 Å². The molecule has 1 N–H and O–H groups in total. The molecule has 114 valence electrons. The maximum absolute atomic E-state index is 13.4. The Morgan fingerprint density at radius 2 is 1.71 bits per heavy atom. The Kier molecular flexibility index (Phi) is 4.09. The number of para-hydroxylation sites is 1. The van der Waals surface area contributed by atoms with Crippen LogP contribution in [0.4, 0.5) is 13.2 Å². The zero-order chi connectivity index (χ0) is 15.7. The van der Waals surface area contributed by atoms with Crippen LogP contribution in [-0.4, -0.2) is 15.3 Å². The summed E-state index contributed by atoms with van der Waals surface area (Å²) in [6.45, 7) is 5.83. The first-order chi connectivity index (χ1) is 9.68. The van der Waals surface area contributed by atoms with Crippen molar-refractivity contribution >= 4 is 0 Å². The van der Waals surface area contributed by atoms with Gasteiger partial charge in [0.15, 0.2) is 5.69 Å². The van der Waals surface area contributed by atoms with Crippen LogP contribution in [0.3, 0.4) is 0 Å². The molecule has 0 saturated heterocycles. The summed E-state index contributed by atoms with van der Waals surface area (Å²) < 4.78 is 41.0. The van der Waals surface area contributed by atoms with E-state index >= 15 is 0 Å². The zero-order valence-corrected chi connectivity index (χ0v) is 12.2. The topological polar surface area (TPSA) is 29.9 Å². The summed E-state index contributed by atoms with van der Waals surface area (Å²) in [5.74, 6) is 0. The summed E-state index contributed by atoms with van der Waals surface area (Å²) in [6.07, 6.45) is -3.18. The molecule has 3 nitrogen and oxygen atoms in total. The van der Waals surface area contributed by atoms with E-state index in [1.54, 1.807) is 30.3 Å². The molecule has 0 aliphatic carbocycles. The van der Waals surface area contributed by atoms with Crippen LogP contribution in [0.1, 0.15) is 32.0 Å². The fourth-order valence-electron chi connectivity index (χ4n) is 1.94. The lowest BCUT2D eigenvalue weighted by atomic mass is 10.1. The van der Waals surface area contributed by atoms with Gasteiger partial charge in [-0.15, -0.1) is 0 Å². The van der Waals surface area contributed by atoms with E-state index in [0.717, 1.165) is 4.68 Å². The minimum Gasteiger partial charge on any atom is -0.308 e. The number of hydrogen-bond acceptors (Lipinski definition) is 2. The van der Waals surface area contributed by atoms with Crippen LogP contribution in [-0.2, 0) is 12.7 Å². The highest BCUT2D eigenvalue weighted by atomic mass is 19.4. The van der Waals surface area contributed by atoms with Crippen molar-refractivity contribution < 1.29 is 13.2 Å². The van der Waals surface area contributed by atoms with Crippen molar-refractivity contribution in [3.05, 3.63) is 47.8 Å². The molecule has 0 bridgehead atoms. The smallest absolute Gasteiger partial charge is 0.308 e. The second kappa shape index (κ2) is 5.52. The minimum atomic E-state index is -4.46. The molecule has 1 aromatic heterocycles. The molecule has 0 radical (unpaired) electrons. The van der Waals surface area contributed by atoms with Crippen LogP contribution in [0.2, 0.25) is 0 Å². The minimum absolute atomic E-state index is 0.116. The standard InChI is InChI=1S/C15H18F3N3/c1-14(2,3)19-9-11-10-20-21(13(11)15(16,17)18)12-7-5-4-6-8-12/h4-8,10,19H,9H2,1-3H3. The largest absolute Gasteiger partial charge is 0.433 e. The lowest BCUT2D eigenvalue weighted by Crippen LogP contribution is -2.35. The summed E-state index contributed by atoms with van der Waals surface area (Å²) in [5.41, 5.74) is -0.462. The van der Waals surface area contributed by atoms with Gasteiger partial charge in [-0.3, -0.25) is 0 Å². The maximum atomic E-state index is 13.4. The van der Waals surface area contributed by atoms with Gasteiger partial charge in [-0.25, -0.2) is 4.68 Å². The van der Waals surface area contributed by atoms with E-state index in [-0.39, 0.29) is 17.6 Å². The third-order valence-corrected chi connectivity index (χ3v) is 2.92. The molecule has 0 unspecified atom stereocenters. The molecular weight excluding hydrogens is 279 g/mol. The van der Waals surface area contributed by atoms with E-state index < -0.39 is 11.9 Å². The van der Waals surface area contributed by atoms with Gasteiger partial charge in [0.05, 0.1) is 11.9 Å². The van der Waals surface area contributed by atoms with Crippen molar-refractivity contribution in [2.75, 3.05) is 0 Å². The Morgan fingerprint density at radius 3 is 2.24 bits per heavy atom. The Balaban J connectivity index is 2.42. The lowest BCUT2D eigenvalue weighted by molar-refractivity contribution is -0.143. The monoisotopic (exact) mass is 297 g/mol. The highest BCUT2D eigenvalue weighted by Crippen LogP contribution is 2.33. The molecule has 0 aliphatic heterocycles.